The topological polar surface area (TPSA) is 47.4 Å². The average molecular weight is 315 g/mol. The van der Waals surface area contributed by atoms with Crippen molar-refractivity contribution in [2.24, 2.45) is 0 Å². The number of amides is 1. The molecule has 2 aliphatic rings. The van der Waals surface area contributed by atoms with E-state index in [-0.39, 0.29) is 11.9 Å². The van der Waals surface area contributed by atoms with Gasteiger partial charge in [-0.1, -0.05) is 18.2 Å². The monoisotopic (exact) mass is 315 g/mol. The molecule has 0 fully saturated rings. The number of benzene rings is 1. The molecule has 0 N–H and O–H groups in total. The summed E-state index contributed by atoms with van der Waals surface area (Å²) in [5.74, 6) is 1.57. The zero-order valence-corrected chi connectivity index (χ0v) is 13.2. The zero-order valence-electron chi connectivity index (χ0n) is 12.4. The molecule has 0 saturated carbocycles. The number of rotatable bonds is 1. The number of carbonyl (C=O) groups excluding carboxylic acids is 1. The van der Waals surface area contributed by atoms with Gasteiger partial charge in [-0.15, -0.1) is 11.8 Å². The molecule has 4 rings (SSSR count). The van der Waals surface area contributed by atoms with Crippen LogP contribution in [-0.4, -0.2) is 39.0 Å². The molecule has 0 bridgehead atoms. The Kier molecular flexibility index (Phi) is 3.33. The van der Waals surface area contributed by atoms with Crippen LogP contribution in [-0.2, 0) is 13.1 Å². The third-order valence-corrected chi connectivity index (χ3v) is 5.46. The second-order valence-electron chi connectivity index (χ2n) is 5.64. The predicted octanol–water partition coefficient (Wildman–Crippen LogP) is 2.41. The maximum atomic E-state index is 12.9. The third-order valence-electron chi connectivity index (χ3n) is 4.10. The molecular formula is C16H17N3O2S. The Morgan fingerprint density at radius 1 is 1.41 bits per heavy atom. The van der Waals surface area contributed by atoms with Crippen LogP contribution >= 0.6 is 11.8 Å². The summed E-state index contributed by atoms with van der Waals surface area (Å²) in [7, 11) is 0. The van der Waals surface area contributed by atoms with E-state index in [1.165, 1.54) is 10.5 Å². The van der Waals surface area contributed by atoms with Crippen LogP contribution in [0.25, 0.3) is 0 Å². The number of hydrogen-bond acceptors (Lipinski definition) is 4. The van der Waals surface area contributed by atoms with Crippen LogP contribution < -0.4 is 4.74 Å². The molecule has 1 aromatic carbocycles. The maximum Gasteiger partial charge on any atom is 0.275 e. The summed E-state index contributed by atoms with van der Waals surface area (Å²) >= 11 is 1.81. The van der Waals surface area contributed by atoms with Crippen molar-refractivity contribution in [1.29, 1.82) is 0 Å². The summed E-state index contributed by atoms with van der Waals surface area (Å²) in [6, 6.07) is 10.2. The van der Waals surface area contributed by atoms with Crippen molar-refractivity contribution >= 4 is 17.7 Å². The standard InChI is InChI=1S/C16H17N3O2S/c1-11-10-22-14-5-3-2-4-12(14)9-18(11)16(20)13-8-15-19(17-13)6-7-21-15/h2-5,8,11H,6-7,9-10H2,1H3. The van der Waals surface area contributed by atoms with E-state index in [0.29, 0.717) is 24.7 Å². The highest BCUT2D eigenvalue weighted by Gasteiger charge is 2.29. The molecule has 1 amide bonds. The lowest BCUT2D eigenvalue weighted by atomic mass is 10.1. The van der Waals surface area contributed by atoms with E-state index in [1.54, 1.807) is 10.7 Å². The van der Waals surface area contributed by atoms with Crippen molar-refractivity contribution in [3.05, 3.63) is 41.6 Å². The van der Waals surface area contributed by atoms with Gasteiger partial charge >= 0.3 is 0 Å². The molecule has 0 saturated heterocycles. The van der Waals surface area contributed by atoms with Gasteiger partial charge in [0.1, 0.15) is 6.61 Å². The van der Waals surface area contributed by atoms with Crippen LogP contribution in [0.5, 0.6) is 5.88 Å². The average Bonchev–Trinajstić information content (AvgIpc) is 3.07. The van der Waals surface area contributed by atoms with Gasteiger partial charge in [-0.3, -0.25) is 4.79 Å². The molecule has 114 valence electrons. The number of carbonyl (C=O) groups is 1. The summed E-state index contributed by atoms with van der Waals surface area (Å²) in [5, 5.41) is 4.38. The highest BCUT2D eigenvalue weighted by Crippen LogP contribution is 2.31. The van der Waals surface area contributed by atoms with Gasteiger partial charge in [-0.25, -0.2) is 4.68 Å². The SMILES string of the molecule is CC1CSc2ccccc2CN1C(=O)c1cc2n(n1)CCO2. The molecule has 2 aromatic rings. The lowest BCUT2D eigenvalue weighted by Crippen LogP contribution is -2.38. The molecule has 1 atom stereocenters. The molecule has 1 unspecified atom stereocenters. The fourth-order valence-corrected chi connectivity index (χ4v) is 3.94. The van der Waals surface area contributed by atoms with E-state index in [1.807, 2.05) is 28.8 Å². The Labute approximate surface area is 133 Å². The predicted molar refractivity (Wildman–Crippen MR) is 84.2 cm³/mol. The first-order valence-corrected chi connectivity index (χ1v) is 8.43. The largest absolute Gasteiger partial charge is 0.476 e. The Morgan fingerprint density at radius 2 is 2.27 bits per heavy atom. The minimum atomic E-state index is -0.0182. The van der Waals surface area contributed by atoms with Gasteiger partial charge in [0.05, 0.1) is 6.54 Å². The van der Waals surface area contributed by atoms with Gasteiger partial charge in [0.15, 0.2) is 5.69 Å². The van der Waals surface area contributed by atoms with Crippen molar-refractivity contribution in [2.75, 3.05) is 12.4 Å². The van der Waals surface area contributed by atoms with Crippen LogP contribution in [0.3, 0.4) is 0 Å². The molecule has 5 nitrogen and oxygen atoms in total. The highest BCUT2D eigenvalue weighted by atomic mass is 32.2. The fraction of sp³-hybridized carbons (Fsp3) is 0.375. The van der Waals surface area contributed by atoms with Crippen LogP contribution in [0.2, 0.25) is 0 Å². The summed E-state index contributed by atoms with van der Waals surface area (Å²) in [6.07, 6.45) is 0. The molecule has 6 heteroatoms. The van der Waals surface area contributed by atoms with E-state index in [4.69, 9.17) is 4.74 Å². The normalized spacial score (nSPS) is 20.0. The van der Waals surface area contributed by atoms with Gasteiger partial charge in [-0.05, 0) is 18.6 Å². The summed E-state index contributed by atoms with van der Waals surface area (Å²) in [4.78, 5) is 16.0. The van der Waals surface area contributed by atoms with Crippen molar-refractivity contribution in [1.82, 2.24) is 14.7 Å². The lowest BCUT2D eigenvalue weighted by molar-refractivity contribution is 0.0687. The Morgan fingerprint density at radius 3 is 3.14 bits per heavy atom. The van der Waals surface area contributed by atoms with E-state index in [9.17, 15) is 4.79 Å². The first kappa shape index (κ1) is 13.7. The smallest absolute Gasteiger partial charge is 0.275 e. The molecular weight excluding hydrogens is 298 g/mol. The number of ether oxygens (including phenoxy) is 1. The van der Waals surface area contributed by atoms with Gasteiger partial charge in [0.25, 0.3) is 5.91 Å². The van der Waals surface area contributed by atoms with Crippen LogP contribution in [0, 0.1) is 0 Å². The molecule has 22 heavy (non-hydrogen) atoms. The van der Waals surface area contributed by atoms with E-state index in [2.05, 4.69) is 24.2 Å². The van der Waals surface area contributed by atoms with Gasteiger partial charge in [-0.2, -0.15) is 5.10 Å². The van der Waals surface area contributed by atoms with Crippen LogP contribution in [0.1, 0.15) is 23.0 Å². The summed E-state index contributed by atoms with van der Waals surface area (Å²) in [6.45, 7) is 4.08. The van der Waals surface area contributed by atoms with Crippen LogP contribution in [0.15, 0.2) is 35.2 Å². The summed E-state index contributed by atoms with van der Waals surface area (Å²) in [5.41, 5.74) is 1.68. The second kappa shape index (κ2) is 5.35. The van der Waals surface area contributed by atoms with E-state index in [0.717, 1.165) is 12.3 Å². The van der Waals surface area contributed by atoms with Gasteiger partial charge in [0, 0.05) is 29.3 Å². The van der Waals surface area contributed by atoms with Crippen molar-refractivity contribution in [3.63, 3.8) is 0 Å². The molecule has 3 heterocycles. The molecule has 0 spiro atoms. The Hall–Kier alpha value is -1.95. The Balaban J connectivity index is 1.63. The Bertz CT molecular complexity index is 706. The molecule has 0 aliphatic carbocycles. The van der Waals surface area contributed by atoms with Crippen molar-refractivity contribution in [2.45, 2.75) is 31.0 Å². The number of aromatic nitrogens is 2. The number of thioether (sulfide) groups is 1. The van der Waals surface area contributed by atoms with Gasteiger partial charge in [0.2, 0.25) is 5.88 Å². The molecule has 1 aromatic heterocycles. The first-order valence-electron chi connectivity index (χ1n) is 7.45. The van der Waals surface area contributed by atoms with E-state index >= 15 is 0 Å². The minimum Gasteiger partial charge on any atom is -0.476 e. The lowest BCUT2D eigenvalue weighted by Gasteiger charge is -2.26. The van der Waals surface area contributed by atoms with Crippen molar-refractivity contribution < 1.29 is 9.53 Å². The number of fused-ring (bicyclic) bond motifs is 2. The quantitative estimate of drug-likeness (QED) is 0.811. The minimum absolute atomic E-state index is 0.0182. The van der Waals surface area contributed by atoms with E-state index < -0.39 is 0 Å². The second-order valence-corrected chi connectivity index (χ2v) is 6.70. The highest BCUT2D eigenvalue weighted by molar-refractivity contribution is 7.99. The van der Waals surface area contributed by atoms with Gasteiger partial charge < -0.3 is 9.64 Å². The number of nitrogens with zero attached hydrogens (tertiary/aromatic N) is 3. The zero-order chi connectivity index (χ0) is 15.1. The molecule has 2 aliphatic heterocycles. The maximum absolute atomic E-state index is 12.9. The van der Waals surface area contributed by atoms with Crippen molar-refractivity contribution in [3.8, 4) is 5.88 Å². The van der Waals surface area contributed by atoms with Crippen LogP contribution in [0.4, 0.5) is 0 Å². The third kappa shape index (κ3) is 2.27. The molecule has 0 radical (unpaired) electrons. The first-order chi connectivity index (χ1) is 10.7. The fourth-order valence-electron chi connectivity index (χ4n) is 2.85. The summed E-state index contributed by atoms with van der Waals surface area (Å²) < 4.78 is 7.21. The number of hydrogen-bond donors (Lipinski definition) is 0.